The maximum atomic E-state index is 11.7. The lowest BCUT2D eigenvalue weighted by molar-refractivity contribution is -0.174. The lowest BCUT2D eigenvalue weighted by Crippen LogP contribution is -2.18. The molecule has 0 fully saturated rings. The highest BCUT2D eigenvalue weighted by Gasteiger charge is 2.27. The van der Waals surface area contributed by atoms with Crippen LogP contribution in [0, 0.1) is 0 Å². The van der Waals surface area contributed by atoms with Gasteiger partial charge in [-0.05, 0) is 0 Å². The lowest BCUT2D eigenvalue weighted by Gasteiger charge is -2.07. The van der Waals surface area contributed by atoms with E-state index >= 15 is 0 Å². The Balaban J connectivity index is 2.20. The van der Waals surface area contributed by atoms with E-state index in [1.54, 1.807) is 10.8 Å². The molecule has 0 spiro atoms. The van der Waals surface area contributed by atoms with Crippen molar-refractivity contribution < 1.29 is 23.0 Å². The molecule has 15 heavy (non-hydrogen) atoms. The van der Waals surface area contributed by atoms with Gasteiger partial charge in [-0.2, -0.15) is 13.2 Å². The first kappa shape index (κ1) is 12.0. The number of ether oxygens (including phenoxy) is 1. The minimum atomic E-state index is -4.29. The normalized spacial score (nSPS) is 12.0. The van der Waals surface area contributed by atoms with Crippen molar-refractivity contribution in [1.82, 2.24) is 9.55 Å². The number of alkyl halides is 3. The van der Waals surface area contributed by atoms with E-state index in [-0.39, 0.29) is 19.8 Å². The van der Waals surface area contributed by atoms with Crippen molar-refractivity contribution in [3.63, 3.8) is 0 Å². The van der Waals surface area contributed by atoms with Gasteiger partial charge in [0.15, 0.2) is 0 Å². The zero-order valence-electron chi connectivity index (χ0n) is 7.87. The van der Waals surface area contributed by atoms with E-state index in [1.165, 1.54) is 6.33 Å². The van der Waals surface area contributed by atoms with Crippen LogP contribution in [-0.4, -0.2) is 34.0 Å². The highest BCUT2D eigenvalue weighted by Crippen LogP contribution is 2.14. The van der Waals surface area contributed by atoms with Crippen LogP contribution >= 0.6 is 0 Å². The smallest absolute Gasteiger partial charge is 0.390 e. The number of halogens is 3. The number of imidazole rings is 1. The Bertz CT molecular complexity index is 298. The summed E-state index contributed by atoms with van der Waals surface area (Å²) >= 11 is 0. The molecule has 0 atom stereocenters. The summed E-state index contributed by atoms with van der Waals surface area (Å²) in [7, 11) is 0. The number of hydrogen-bond acceptors (Lipinski definition) is 3. The largest absolute Gasteiger partial charge is 0.411 e. The van der Waals surface area contributed by atoms with E-state index in [9.17, 15) is 13.2 Å². The third-order valence-electron chi connectivity index (χ3n) is 1.61. The third kappa shape index (κ3) is 4.80. The zero-order chi connectivity index (χ0) is 11.3. The molecule has 0 saturated carbocycles. The predicted octanol–water partition coefficient (Wildman–Crippen LogP) is 0.954. The molecule has 4 nitrogen and oxygen atoms in total. The minimum Gasteiger partial charge on any atom is -0.390 e. The number of aromatic nitrogens is 2. The van der Waals surface area contributed by atoms with Crippen LogP contribution in [0.3, 0.4) is 0 Å². The van der Waals surface area contributed by atoms with Crippen molar-refractivity contribution >= 4 is 0 Å². The second-order valence-electron chi connectivity index (χ2n) is 2.93. The Hall–Kier alpha value is -1.08. The predicted molar refractivity (Wildman–Crippen MR) is 45.0 cm³/mol. The topological polar surface area (TPSA) is 47.3 Å². The molecule has 0 aliphatic carbocycles. The summed E-state index contributed by atoms with van der Waals surface area (Å²) in [6.07, 6.45) is -1.30. The van der Waals surface area contributed by atoms with Crippen molar-refractivity contribution in [2.45, 2.75) is 19.3 Å². The highest BCUT2D eigenvalue weighted by atomic mass is 19.4. The minimum absolute atomic E-state index is 0.0409. The van der Waals surface area contributed by atoms with Crippen LogP contribution in [0.5, 0.6) is 0 Å². The number of rotatable bonds is 5. The Morgan fingerprint density at radius 3 is 2.73 bits per heavy atom. The van der Waals surface area contributed by atoms with Crippen LogP contribution < -0.4 is 0 Å². The van der Waals surface area contributed by atoms with Gasteiger partial charge in [0.1, 0.15) is 6.61 Å². The van der Waals surface area contributed by atoms with Crippen molar-refractivity contribution in [2.24, 2.45) is 0 Å². The second kappa shape index (κ2) is 5.13. The maximum Gasteiger partial charge on any atom is 0.411 e. The molecule has 86 valence electrons. The summed E-state index contributed by atoms with van der Waals surface area (Å²) in [5.41, 5.74) is 0.478. The molecule has 0 bridgehead atoms. The molecule has 0 radical (unpaired) electrons. The molecule has 0 aromatic carbocycles. The van der Waals surface area contributed by atoms with Gasteiger partial charge in [-0.3, -0.25) is 0 Å². The van der Waals surface area contributed by atoms with Gasteiger partial charge in [0, 0.05) is 12.7 Å². The van der Waals surface area contributed by atoms with Gasteiger partial charge in [-0.15, -0.1) is 0 Å². The summed E-state index contributed by atoms with van der Waals surface area (Å²) < 4.78 is 41.0. The van der Waals surface area contributed by atoms with E-state index < -0.39 is 12.8 Å². The number of aliphatic hydroxyl groups is 1. The van der Waals surface area contributed by atoms with Crippen molar-refractivity contribution in [1.29, 1.82) is 0 Å². The van der Waals surface area contributed by atoms with Gasteiger partial charge in [-0.1, -0.05) is 0 Å². The molecule has 0 saturated heterocycles. The van der Waals surface area contributed by atoms with E-state index in [1.807, 2.05) is 0 Å². The van der Waals surface area contributed by atoms with Crippen molar-refractivity contribution in [2.75, 3.05) is 13.2 Å². The van der Waals surface area contributed by atoms with E-state index in [0.29, 0.717) is 5.69 Å². The average Bonchev–Trinajstić information content (AvgIpc) is 2.59. The third-order valence-corrected chi connectivity index (χ3v) is 1.61. The Labute approximate surface area is 84.3 Å². The molecule has 0 aliphatic rings. The number of hydrogen-bond donors (Lipinski definition) is 1. The van der Waals surface area contributed by atoms with Crippen molar-refractivity contribution in [3.8, 4) is 0 Å². The molecule has 0 aliphatic heterocycles. The zero-order valence-corrected chi connectivity index (χ0v) is 7.87. The molecular formula is C8H11F3N2O2. The van der Waals surface area contributed by atoms with Gasteiger partial charge < -0.3 is 14.4 Å². The first-order valence-electron chi connectivity index (χ1n) is 4.27. The fourth-order valence-corrected chi connectivity index (χ4v) is 0.968. The van der Waals surface area contributed by atoms with E-state index in [2.05, 4.69) is 9.72 Å². The Morgan fingerprint density at radius 2 is 2.20 bits per heavy atom. The maximum absolute atomic E-state index is 11.7. The van der Waals surface area contributed by atoms with Crippen LogP contribution in [0.25, 0.3) is 0 Å². The highest BCUT2D eigenvalue weighted by molar-refractivity contribution is 4.93. The van der Waals surface area contributed by atoms with Gasteiger partial charge in [0.05, 0.1) is 25.2 Å². The Kier molecular flexibility index (Phi) is 4.10. The summed E-state index contributed by atoms with van der Waals surface area (Å²) in [4.78, 5) is 3.80. The van der Waals surface area contributed by atoms with Crippen molar-refractivity contribution in [3.05, 3.63) is 18.2 Å². The molecule has 0 amide bonds. The van der Waals surface area contributed by atoms with E-state index in [0.717, 1.165) is 0 Å². The summed E-state index contributed by atoms with van der Waals surface area (Å²) in [6, 6.07) is 0. The first-order valence-corrected chi connectivity index (χ1v) is 4.27. The number of nitrogens with zero attached hydrogens (tertiary/aromatic N) is 2. The molecular weight excluding hydrogens is 213 g/mol. The molecule has 1 aromatic heterocycles. The van der Waals surface area contributed by atoms with Crippen LogP contribution in [0.2, 0.25) is 0 Å². The quantitative estimate of drug-likeness (QED) is 0.757. The summed E-state index contributed by atoms with van der Waals surface area (Å²) in [6.45, 7) is -1.19. The van der Waals surface area contributed by atoms with Gasteiger partial charge in [0.2, 0.25) is 0 Å². The van der Waals surface area contributed by atoms with Crippen LogP contribution in [0.15, 0.2) is 12.5 Å². The molecule has 1 heterocycles. The van der Waals surface area contributed by atoms with Gasteiger partial charge >= 0.3 is 6.18 Å². The molecule has 1 aromatic rings. The summed E-state index contributed by atoms with van der Waals surface area (Å²) in [5, 5.41) is 8.67. The van der Waals surface area contributed by atoms with Gasteiger partial charge in [0.25, 0.3) is 0 Å². The van der Waals surface area contributed by atoms with Crippen LogP contribution in [0.1, 0.15) is 5.69 Å². The standard InChI is InChI=1S/C8H11F3N2O2/c9-8(10,11)5-15-2-1-13-3-7(4-14)12-6-13/h3,6,14H,1-2,4-5H2. The second-order valence-corrected chi connectivity index (χ2v) is 2.93. The summed E-state index contributed by atoms with van der Waals surface area (Å²) in [5.74, 6) is 0. The Morgan fingerprint density at radius 1 is 1.47 bits per heavy atom. The fraction of sp³-hybridized carbons (Fsp3) is 0.625. The molecule has 1 N–H and O–H groups in total. The first-order chi connectivity index (χ1) is 7.01. The van der Waals surface area contributed by atoms with E-state index in [4.69, 9.17) is 5.11 Å². The van der Waals surface area contributed by atoms with Gasteiger partial charge in [-0.25, -0.2) is 4.98 Å². The van der Waals surface area contributed by atoms with Crippen LogP contribution in [0.4, 0.5) is 13.2 Å². The molecule has 1 rings (SSSR count). The monoisotopic (exact) mass is 224 g/mol. The SMILES string of the molecule is OCc1cn(CCOCC(F)(F)F)cn1. The average molecular weight is 224 g/mol. The fourth-order valence-electron chi connectivity index (χ4n) is 0.968. The lowest BCUT2D eigenvalue weighted by atomic mass is 10.5. The molecule has 7 heteroatoms. The van der Waals surface area contributed by atoms with Crippen LogP contribution in [-0.2, 0) is 17.9 Å². The number of aliphatic hydroxyl groups excluding tert-OH is 1. The molecule has 0 unspecified atom stereocenters.